The fourth-order valence-corrected chi connectivity index (χ4v) is 6.60. The second-order valence-electron chi connectivity index (χ2n) is 9.65. The van der Waals surface area contributed by atoms with Gasteiger partial charge < -0.3 is 19.7 Å². The average molecular weight is 550 g/mol. The summed E-state index contributed by atoms with van der Waals surface area (Å²) < 4.78 is 38.1. The van der Waals surface area contributed by atoms with Crippen LogP contribution in [0.3, 0.4) is 0 Å². The van der Waals surface area contributed by atoms with Crippen molar-refractivity contribution in [3.8, 4) is 11.5 Å². The summed E-state index contributed by atoms with van der Waals surface area (Å²) in [6.45, 7) is 1.02. The molecule has 2 aliphatic rings. The second kappa shape index (κ2) is 11.1. The number of carbonyl (C=O) groups is 2. The number of rotatable bonds is 7. The first-order valence-corrected chi connectivity index (χ1v) is 14.3. The number of hydrogen-bond acceptors (Lipinski definition) is 6. The van der Waals surface area contributed by atoms with Crippen LogP contribution in [-0.2, 0) is 21.2 Å². The predicted octanol–water partition coefficient (Wildman–Crippen LogP) is 3.95. The number of hydrogen-bond donors (Lipinski definition) is 1. The minimum Gasteiger partial charge on any atom is -0.497 e. The van der Waals surface area contributed by atoms with E-state index in [0.29, 0.717) is 48.7 Å². The van der Waals surface area contributed by atoms with E-state index in [1.807, 2.05) is 18.2 Å². The maximum Gasteiger partial charge on any atom is 0.258 e. The topological polar surface area (TPSA) is 105 Å². The zero-order chi connectivity index (χ0) is 27.6. The maximum atomic E-state index is 13.2. The molecule has 1 fully saturated rings. The molecule has 1 unspecified atom stereocenters. The minimum absolute atomic E-state index is 0.104. The number of piperidine rings is 1. The summed E-state index contributed by atoms with van der Waals surface area (Å²) in [5.74, 6) is 0.402. The number of amides is 2. The Hall–Kier alpha value is -3.89. The first-order chi connectivity index (χ1) is 18.8. The highest BCUT2D eigenvalue weighted by molar-refractivity contribution is 7.89. The lowest BCUT2D eigenvalue weighted by molar-refractivity contribution is -0.120. The van der Waals surface area contributed by atoms with Gasteiger partial charge >= 0.3 is 0 Å². The molecule has 0 saturated carbocycles. The fourth-order valence-electron chi connectivity index (χ4n) is 5.07. The van der Waals surface area contributed by atoms with Crippen LogP contribution in [0.4, 0.5) is 11.4 Å². The molecule has 0 spiro atoms. The van der Waals surface area contributed by atoms with Gasteiger partial charge in [0.05, 0.1) is 25.0 Å². The van der Waals surface area contributed by atoms with Gasteiger partial charge in [0.25, 0.3) is 5.91 Å². The number of sulfonamides is 1. The van der Waals surface area contributed by atoms with Gasteiger partial charge in [0, 0.05) is 36.6 Å². The Morgan fingerprint density at radius 3 is 2.23 bits per heavy atom. The Bertz CT molecular complexity index is 1470. The highest BCUT2D eigenvalue weighted by Crippen LogP contribution is 2.33. The third kappa shape index (κ3) is 5.48. The summed E-state index contributed by atoms with van der Waals surface area (Å²) in [5.41, 5.74) is 2.92. The number of nitrogens with zero attached hydrogens (tertiary/aromatic N) is 2. The Labute approximate surface area is 228 Å². The molecule has 9 nitrogen and oxygen atoms in total. The standard InChI is InChI=1S/C29H31N3O6S/c1-37-24-9-6-21(7-10-24)29(34)32-17-15-20-5-8-23(18-27(20)32)30-28(33)22-4-3-16-31(19-22)39(35,36)26-13-11-25(38-2)12-14-26/h5-14,18,22H,3-4,15-17,19H2,1-2H3,(H,30,33). The highest BCUT2D eigenvalue weighted by atomic mass is 32.2. The number of carbonyl (C=O) groups excluding carboxylic acids is 2. The molecule has 2 amide bonds. The first-order valence-electron chi connectivity index (χ1n) is 12.8. The van der Waals surface area contributed by atoms with Gasteiger partial charge in [-0.25, -0.2) is 8.42 Å². The number of ether oxygens (including phenoxy) is 2. The van der Waals surface area contributed by atoms with Crippen LogP contribution in [0.2, 0.25) is 0 Å². The van der Waals surface area contributed by atoms with Crippen LogP contribution in [0.25, 0.3) is 0 Å². The molecule has 2 aliphatic heterocycles. The van der Waals surface area contributed by atoms with Crippen molar-refractivity contribution in [1.82, 2.24) is 4.31 Å². The van der Waals surface area contributed by atoms with Crippen LogP contribution in [0.5, 0.6) is 11.5 Å². The summed E-state index contributed by atoms with van der Waals surface area (Å²) in [7, 11) is -0.636. The number of fused-ring (bicyclic) bond motifs is 1. The van der Waals surface area contributed by atoms with Crippen molar-refractivity contribution >= 4 is 33.2 Å². The zero-order valence-electron chi connectivity index (χ0n) is 21.9. The molecule has 1 saturated heterocycles. The number of benzene rings is 3. The first kappa shape index (κ1) is 26.7. The van der Waals surface area contributed by atoms with Crippen LogP contribution in [0.1, 0.15) is 28.8 Å². The lowest BCUT2D eigenvalue weighted by Crippen LogP contribution is -2.43. The lowest BCUT2D eigenvalue weighted by Gasteiger charge is -2.31. The van der Waals surface area contributed by atoms with Gasteiger partial charge in [-0.05, 0) is 85.5 Å². The highest BCUT2D eigenvalue weighted by Gasteiger charge is 2.34. The number of methoxy groups -OCH3 is 2. The molecule has 3 aromatic rings. The van der Waals surface area contributed by atoms with E-state index in [1.54, 1.807) is 48.4 Å². The maximum absolute atomic E-state index is 13.2. The molecule has 1 atom stereocenters. The van der Waals surface area contributed by atoms with E-state index < -0.39 is 15.9 Å². The summed E-state index contributed by atoms with van der Waals surface area (Å²) in [6.07, 6.45) is 1.90. The van der Waals surface area contributed by atoms with Gasteiger partial charge in [-0.15, -0.1) is 0 Å². The minimum atomic E-state index is -3.74. The third-order valence-electron chi connectivity index (χ3n) is 7.28. The Morgan fingerprint density at radius 2 is 1.56 bits per heavy atom. The van der Waals surface area contributed by atoms with Gasteiger partial charge in [0.2, 0.25) is 15.9 Å². The molecule has 204 valence electrons. The summed E-state index contributed by atoms with van der Waals surface area (Å²) in [5, 5.41) is 2.95. The van der Waals surface area contributed by atoms with E-state index in [0.717, 1.165) is 17.7 Å². The van der Waals surface area contributed by atoms with Gasteiger partial charge in [-0.3, -0.25) is 9.59 Å². The fraction of sp³-hybridized carbons (Fsp3) is 0.310. The van der Waals surface area contributed by atoms with Crippen LogP contribution in [0.15, 0.2) is 71.6 Å². The van der Waals surface area contributed by atoms with Crippen molar-refractivity contribution in [2.24, 2.45) is 5.92 Å². The molecular formula is C29H31N3O6S. The Balaban J connectivity index is 1.28. The lowest BCUT2D eigenvalue weighted by atomic mass is 9.98. The molecule has 5 rings (SSSR count). The van der Waals surface area contributed by atoms with E-state index in [9.17, 15) is 18.0 Å². The normalized spacial score (nSPS) is 17.4. The van der Waals surface area contributed by atoms with Crippen molar-refractivity contribution in [1.29, 1.82) is 0 Å². The molecule has 0 aliphatic carbocycles. The summed E-state index contributed by atoms with van der Waals surface area (Å²) >= 11 is 0. The van der Waals surface area contributed by atoms with Crippen molar-refractivity contribution in [2.45, 2.75) is 24.2 Å². The van der Waals surface area contributed by atoms with Crippen LogP contribution >= 0.6 is 0 Å². The van der Waals surface area contributed by atoms with E-state index in [1.165, 1.54) is 23.5 Å². The van der Waals surface area contributed by atoms with Crippen LogP contribution < -0.4 is 19.7 Å². The smallest absolute Gasteiger partial charge is 0.258 e. The molecule has 3 aromatic carbocycles. The molecule has 0 aromatic heterocycles. The van der Waals surface area contributed by atoms with Crippen molar-refractivity contribution in [3.63, 3.8) is 0 Å². The van der Waals surface area contributed by atoms with E-state index >= 15 is 0 Å². The predicted molar refractivity (Wildman–Crippen MR) is 148 cm³/mol. The average Bonchev–Trinajstić information content (AvgIpc) is 3.40. The van der Waals surface area contributed by atoms with Gasteiger partial charge in [-0.1, -0.05) is 6.07 Å². The molecule has 1 N–H and O–H groups in total. The summed E-state index contributed by atoms with van der Waals surface area (Å²) in [6, 6.07) is 18.8. The zero-order valence-corrected chi connectivity index (χ0v) is 22.7. The van der Waals surface area contributed by atoms with Crippen LogP contribution in [0, 0.1) is 5.92 Å². The molecule has 2 heterocycles. The molecule has 10 heteroatoms. The largest absolute Gasteiger partial charge is 0.497 e. The van der Waals surface area contributed by atoms with E-state index in [4.69, 9.17) is 9.47 Å². The van der Waals surface area contributed by atoms with Crippen LogP contribution in [-0.4, -0.2) is 58.4 Å². The Kier molecular flexibility index (Phi) is 7.58. The van der Waals surface area contributed by atoms with Crippen molar-refractivity contribution in [3.05, 3.63) is 77.9 Å². The van der Waals surface area contributed by atoms with Gasteiger partial charge in [0.15, 0.2) is 0 Å². The molecule has 0 radical (unpaired) electrons. The molecular weight excluding hydrogens is 518 g/mol. The second-order valence-corrected chi connectivity index (χ2v) is 11.6. The number of anilines is 2. The quantitative estimate of drug-likeness (QED) is 0.479. The van der Waals surface area contributed by atoms with E-state index in [2.05, 4.69) is 5.32 Å². The summed E-state index contributed by atoms with van der Waals surface area (Å²) in [4.78, 5) is 28.3. The SMILES string of the molecule is COc1ccc(C(=O)N2CCc3ccc(NC(=O)C4CCCN(S(=O)(=O)c5ccc(OC)cc5)C4)cc32)cc1. The van der Waals surface area contributed by atoms with Gasteiger partial charge in [-0.2, -0.15) is 4.31 Å². The van der Waals surface area contributed by atoms with Crippen molar-refractivity contribution in [2.75, 3.05) is 44.1 Å². The third-order valence-corrected chi connectivity index (χ3v) is 9.16. The number of nitrogens with one attached hydrogen (secondary N) is 1. The monoisotopic (exact) mass is 549 g/mol. The molecule has 39 heavy (non-hydrogen) atoms. The Morgan fingerprint density at radius 1 is 0.897 bits per heavy atom. The van der Waals surface area contributed by atoms with E-state index in [-0.39, 0.29) is 23.3 Å². The van der Waals surface area contributed by atoms with Gasteiger partial charge in [0.1, 0.15) is 11.5 Å². The molecule has 0 bridgehead atoms. The van der Waals surface area contributed by atoms with Crippen molar-refractivity contribution < 1.29 is 27.5 Å².